The maximum atomic E-state index is 12.0. The van der Waals surface area contributed by atoms with Crippen LogP contribution in [0.1, 0.15) is 10.4 Å². The van der Waals surface area contributed by atoms with E-state index < -0.39 is 27.2 Å². The fourth-order valence-electron chi connectivity index (χ4n) is 1.45. The van der Waals surface area contributed by atoms with Gasteiger partial charge in [-0.25, -0.2) is 0 Å². The van der Waals surface area contributed by atoms with Crippen LogP contribution >= 0.6 is 11.8 Å². The molecule has 0 saturated heterocycles. The van der Waals surface area contributed by atoms with Gasteiger partial charge in [0.05, 0.1) is 0 Å². The molecule has 0 aliphatic rings. The molecule has 0 aliphatic carbocycles. The molecule has 0 saturated carbocycles. The van der Waals surface area contributed by atoms with Crippen LogP contribution in [0.25, 0.3) is 0 Å². The number of nitrogens with two attached hydrogens (primary N) is 2. The number of benzene rings is 1. The molecule has 0 spiro atoms. The normalized spacial score (nSPS) is 10.7. The number of anilines is 1. The van der Waals surface area contributed by atoms with Gasteiger partial charge in [0.1, 0.15) is 0 Å². The van der Waals surface area contributed by atoms with E-state index in [9.17, 15) is 9.59 Å². The summed E-state index contributed by atoms with van der Waals surface area (Å²) in [4.78, 5) is 29.5. The van der Waals surface area contributed by atoms with Crippen molar-refractivity contribution in [1.29, 1.82) is 0 Å². The summed E-state index contributed by atoms with van der Waals surface area (Å²) >= 11 is 0.793. The summed E-state index contributed by atoms with van der Waals surface area (Å²) in [6, 6.07) is 7.31. The van der Waals surface area contributed by atoms with Crippen molar-refractivity contribution in [2.24, 2.45) is 3.95 Å². The van der Waals surface area contributed by atoms with Crippen molar-refractivity contribution in [3.63, 3.8) is 0 Å². The van der Waals surface area contributed by atoms with Gasteiger partial charge in [-0.3, -0.25) is 0 Å². The Kier molecular flexibility index (Phi) is 5.15. The molecule has 20 heavy (non-hydrogen) atoms. The molecule has 0 unspecified atom stereocenters. The van der Waals surface area contributed by atoms with Crippen molar-refractivity contribution in [3.8, 4) is 0 Å². The predicted octanol–water partition coefficient (Wildman–Crippen LogP) is -2.54. The minimum absolute atomic E-state index is 0.0117. The molecule has 106 valence electrons. The van der Waals surface area contributed by atoms with E-state index in [1.54, 1.807) is 12.1 Å². The number of carbonyl (C=O) groups excluding carboxylic acids is 1. The summed E-state index contributed by atoms with van der Waals surface area (Å²) in [5, 5.41) is 0. The van der Waals surface area contributed by atoms with Crippen LogP contribution in [0.3, 0.4) is 0 Å². The zero-order chi connectivity index (χ0) is 14.5. The standard InChI is InChI=1S/C12H12IN4O2S/c14-11-10(5-16-12(19)17-11)20-6-9(18)7-1-3-8(13-15)4-2-7/h1-5H,6,15H2,(H3,14,16,17,19)/q-1. The monoisotopic (exact) mass is 403 g/mol. The topological polar surface area (TPSA) is 115 Å². The van der Waals surface area contributed by atoms with Crippen LogP contribution in [0.5, 0.6) is 0 Å². The number of carbonyl (C=O) groups is 1. The zero-order valence-corrected chi connectivity index (χ0v) is 13.3. The zero-order valence-electron chi connectivity index (χ0n) is 10.3. The minimum atomic E-state index is -0.501. The van der Waals surface area contributed by atoms with E-state index in [0.29, 0.717) is 10.5 Å². The van der Waals surface area contributed by atoms with Gasteiger partial charge in [0.2, 0.25) is 0 Å². The Morgan fingerprint density at radius 2 is 2.05 bits per heavy atom. The van der Waals surface area contributed by atoms with Crippen LogP contribution in [-0.2, 0) is 0 Å². The second kappa shape index (κ2) is 6.86. The van der Waals surface area contributed by atoms with E-state index in [4.69, 9.17) is 9.68 Å². The van der Waals surface area contributed by atoms with Gasteiger partial charge in [-0.15, -0.1) is 0 Å². The number of rotatable bonds is 5. The molecule has 2 aromatic rings. The molecule has 1 aromatic heterocycles. The molecule has 0 amide bonds. The first-order valence-corrected chi connectivity index (χ1v) is 8.85. The van der Waals surface area contributed by atoms with Gasteiger partial charge in [0.25, 0.3) is 0 Å². The Hall–Kier alpha value is -1.39. The third kappa shape index (κ3) is 3.81. The van der Waals surface area contributed by atoms with Crippen molar-refractivity contribution in [2.45, 2.75) is 4.90 Å². The van der Waals surface area contributed by atoms with Gasteiger partial charge in [-0.2, -0.15) is 0 Å². The van der Waals surface area contributed by atoms with Crippen molar-refractivity contribution in [3.05, 3.63) is 50.1 Å². The van der Waals surface area contributed by atoms with E-state index in [-0.39, 0.29) is 17.4 Å². The van der Waals surface area contributed by atoms with Gasteiger partial charge >= 0.3 is 130 Å². The molecule has 6 nitrogen and oxygen atoms in total. The van der Waals surface area contributed by atoms with Gasteiger partial charge in [0.15, 0.2) is 0 Å². The molecule has 0 aliphatic heterocycles. The summed E-state index contributed by atoms with van der Waals surface area (Å²) in [7, 11) is 0. The van der Waals surface area contributed by atoms with E-state index in [1.807, 2.05) is 12.1 Å². The fourth-order valence-corrected chi connectivity index (χ4v) is 3.01. The molecule has 1 aromatic carbocycles. The molecular weight excluding hydrogens is 391 g/mol. The number of Topliss-reactive ketones (excluding diaryl/α,β-unsaturated/α-hetero) is 1. The summed E-state index contributed by atoms with van der Waals surface area (Å²) < 4.78 is 6.70. The van der Waals surface area contributed by atoms with E-state index in [1.165, 1.54) is 18.0 Å². The molecular formula is C12H12IN4O2S-. The van der Waals surface area contributed by atoms with Crippen molar-refractivity contribution in [1.82, 2.24) is 9.97 Å². The Morgan fingerprint density at radius 3 is 2.65 bits per heavy atom. The molecule has 0 fully saturated rings. The number of hydrogen-bond donors (Lipinski definition) is 3. The first kappa shape index (κ1) is 15.0. The number of halogens is 1. The summed E-state index contributed by atoms with van der Waals surface area (Å²) in [5.74, 6) is 0.447. The van der Waals surface area contributed by atoms with Crippen LogP contribution in [0.4, 0.5) is 5.82 Å². The number of ketones is 1. The first-order chi connectivity index (χ1) is 9.60. The second-order valence-electron chi connectivity index (χ2n) is 3.79. The van der Waals surface area contributed by atoms with Gasteiger partial charge in [-0.05, 0) is 0 Å². The molecule has 2 rings (SSSR count). The Labute approximate surface area is 130 Å². The molecule has 1 heterocycles. The van der Waals surface area contributed by atoms with E-state index in [0.717, 1.165) is 3.57 Å². The third-order valence-electron chi connectivity index (χ3n) is 2.46. The number of nitrogens with zero attached hydrogens (tertiary/aromatic N) is 1. The summed E-state index contributed by atoms with van der Waals surface area (Å²) in [5.41, 5.74) is 5.78. The fraction of sp³-hybridized carbons (Fsp3) is 0.0833. The van der Waals surface area contributed by atoms with Crippen molar-refractivity contribution in [2.75, 3.05) is 11.5 Å². The maximum absolute atomic E-state index is 12.0. The summed E-state index contributed by atoms with van der Waals surface area (Å²) in [6.45, 7) is 0. The molecule has 5 N–H and O–H groups in total. The third-order valence-corrected chi connectivity index (χ3v) is 4.94. The Morgan fingerprint density at radius 1 is 1.35 bits per heavy atom. The van der Waals surface area contributed by atoms with Crippen molar-refractivity contribution < 1.29 is 26.3 Å². The summed E-state index contributed by atoms with van der Waals surface area (Å²) in [6.07, 6.45) is 1.37. The number of nitrogens with one attached hydrogen (secondary N) is 1. The van der Waals surface area contributed by atoms with Crippen LogP contribution in [0, 0.1) is 3.57 Å². The Bertz CT molecular complexity index is 672. The van der Waals surface area contributed by atoms with Crippen LogP contribution < -0.4 is 36.8 Å². The quantitative estimate of drug-likeness (QED) is 0.219. The van der Waals surface area contributed by atoms with Gasteiger partial charge < -0.3 is 0 Å². The average molecular weight is 403 g/mol. The Balaban J connectivity index is 2.02. The number of aromatic amines is 1. The number of hydrogen-bond acceptors (Lipinski definition) is 6. The van der Waals surface area contributed by atoms with Crippen LogP contribution in [0.15, 0.2) is 40.2 Å². The second-order valence-corrected chi connectivity index (χ2v) is 6.68. The van der Waals surface area contributed by atoms with Gasteiger partial charge in [-0.1, -0.05) is 0 Å². The van der Waals surface area contributed by atoms with Gasteiger partial charge in [0, 0.05) is 0 Å². The van der Waals surface area contributed by atoms with Crippen LogP contribution in [0.2, 0.25) is 0 Å². The predicted molar refractivity (Wildman–Crippen MR) is 73.7 cm³/mol. The van der Waals surface area contributed by atoms with E-state index >= 15 is 0 Å². The first-order valence-electron chi connectivity index (χ1n) is 5.54. The molecule has 8 heteroatoms. The molecule has 0 radical (unpaired) electrons. The number of H-pyrrole nitrogens is 1. The number of nitrogen functional groups attached to an aromatic ring is 1. The number of thioether (sulfide) groups is 1. The number of aromatic nitrogens is 2. The SMILES string of the molecule is N[I-]c1ccc(C(=O)CSc2cnc(=O)[nH]c2N)cc1. The molecule has 0 atom stereocenters. The molecule has 0 bridgehead atoms. The average Bonchev–Trinajstić information content (AvgIpc) is 2.46. The van der Waals surface area contributed by atoms with Crippen LogP contribution in [-0.4, -0.2) is 21.5 Å². The van der Waals surface area contributed by atoms with E-state index in [2.05, 4.69) is 9.97 Å². The van der Waals surface area contributed by atoms with Crippen molar-refractivity contribution >= 4 is 23.4 Å².